The van der Waals surface area contributed by atoms with Crippen LogP contribution in [0.1, 0.15) is 11.1 Å². The van der Waals surface area contributed by atoms with Crippen molar-refractivity contribution in [3.05, 3.63) is 59.9 Å². The van der Waals surface area contributed by atoms with Gasteiger partial charge in [0.25, 0.3) is 0 Å². The second-order valence-electron chi connectivity index (χ2n) is 4.69. The Balaban J connectivity index is 0.00000127. The smallest absolute Gasteiger partial charge is 0.167 e. The maximum absolute atomic E-state index is 9.05. The Hall–Kier alpha value is -1.82. The Kier molecular flexibility index (Phi) is 9.79. The maximum atomic E-state index is 9.05. The van der Waals surface area contributed by atoms with Gasteiger partial charge in [-0.05, 0) is 29.5 Å². The van der Waals surface area contributed by atoms with E-state index in [0.717, 1.165) is 16.8 Å². The molecule has 2 aromatic rings. The number of hydrogen-bond donors (Lipinski definition) is 3. The highest BCUT2D eigenvalue weighted by Crippen LogP contribution is 2.16. The van der Waals surface area contributed by atoms with E-state index in [1.165, 1.54) is 0 Å². The molecule has 5 heteroatoms. The zero-order valence-electron chi connectivity index (χ0n) is 13.4. The second-order valence-corrected chi connectivity index (χ2v) is 4.69. The van der Waals surface area contributed by atoms with Gasteiger partial charge in [-0.25, -0.2) is 4.98 Å². The molecule has 0 aliphatic heterocycles. The van der Waals surface area contributed by atoms with Gasteiger partial charge in [0, 0.05) is 30.9 Å². The normalized spacial score (nSPS) is 10.3. The van der Waals surface area contributed by atoms with E-state index in [4.69, 9.17) is 10.2 Å². The van der Waals surface area contributed by atoms with Crippen molar-refractivity contribution in [3.63, 3.8) is 0 Å². The summed E-state index contributed by atoms with van der Waals surface area (Å²) in [5, 5.41) is 18.1. The van der Waals surface area contributed by atoms with Crippen LogP contribution in [0, 0.1) is 0 Å². The third kappa shape index (κ3) is 6.86. The fourth-order valence-electron chi connectivity index (χ4n) is 2.11. The molecule has 124 valence electrons. The quantitative estimate of drug-likeness (QED) is 0.680. The molecule has 4 nitrogen and oxygen atoms in total. The highest BCUT2D eigenvalue weighted by atomic mass is 32.1. The fraction of sp³-hybridized carbons (Fsp3) is 0.278. The summed E-state index contributed by atoms with van der Waals surface area (Å²) in [6, 6.07) is 12.1. The molecular formula is C18H25N2O2S+. The van der Waals surface area contributed by atoms with Gasteiger partial charge in [-0.2, -0.15) is 12.6 Å². The van der Waals surface area contributed by atoms with Crippen molar-refractivity contribution in [2.45, 2.75) is 0 Å². The van der Waals surface area contributed by atoms with E-state index in [0.29, 0.717) is 13.1 Å². The van der Waals surface area contributed by atoms with Crippen molar-refractivity contribution in [1.82, 2.24) is 0 Å². The minimum atomic E-state index is 0.0761. The topological polar surface area (TPSA) is 57.8 Å². The van der Waals surface area contributed by atoms with E-state index in [2.05, 4.69) is 29.8 Å². The van der Waals surface area contributed by atoms with Gasteiger partial charge in [-0.3, -0.25) is 0 Å². The number of rotatable bonds is 7. The van der Waals surface area contributed by atoms with Crippen LogP contribution >= 0.6 is 12.6 Å². The molecule has 0 fully saturated rings. The zero-order chi connectivity index (χ0) is 16.9. The molecule has 0 aliphatic rings. The van der Waals surface area contributed by atoms with Gasteiger partial charge in [0.05, 0.1) is 13.2 Å². The molecule has 0 spiro atoms. The number of thiol groups is 1. The third-order valence-electron chi connectivity index (χ3n) is 3.21. The first-order valence-electron chi connectivity index (χ1n) is 7.49. The molecular weight excluding hydrogens is 308 g/mol. The molecule has 23 heavy (non-hydrogen) atoms. The van der Waals surface area contributed by atoms with Crippen molar-refractivity contribution < 1.29 is 15.2 Å². The molecule has 0 amide bonds. The second kappa shape index (κ2) is 11.7. The summed E-state index contributed by atoms with van der Waals surface area (Å²) in [4.78, 5) is 4.95. The summed E-state index contributed by atoms with van der Waals surface area (Å²) in [5.41, 5.74) is 3.25. The van der Waals surface area contributed by atoms with Crippen molar-refractivity contribution in [1.29, 1.82) is 0 Å². The number of nitrogens with zero attached hydrogens (tertiary/aromatic N) is 1. The number of aromatic nitrogens is 1. The lowest BCUT2D eigenvalue weighted by Crippen LogP contribution is -2.29. The minimum Gasteiger partial charge on any atom is -0.395 e. The van der Waals surface area contributed by atoms with E-state index in [9.17, 15) is 0 Å². The maximum Gasteiger partial charge on any atom is 0.167 e. The van der Waals surface area contributed by atoms with E-state index >= 15 is 0 Å². The fourth-order valence-corrected chi connectivity index (χ4v) is 2.11. The highest BCUT2D eigenvalue weighted by molar-refractivity contribution is 7.79. The van der Waals surface area contributed by atoms with Crippen LogP contribution in [0.25, 0.3) is 12.2 Å². The first kappa shape index (κ1) is 19.2. The average Bonchev–Trinajstić information content (AvgIpc) is 2.63. The van der Waals surface area contributed by atoms with Crippen LogP contribution < -0.4 is 9.88 Å². The van der Waals surface area contributed by atoms with Gasteiger partial charge >= 0.3 is 0 Å². The van der Waals surface area contributed by atoms with E-state index in [1.54, 1.807) is 6.26 Å². The predicted octanol–water partition coefficient (Wildman–Crippen LogP) is 2.01. The Morgan fingerprint density at radius 2 is 1.35 bits per heavy atom. The van der Waals surface area contributed by atoms with Crippen LogP contribution in [-0.2, 0) is 0 Å². The van der Waals surface area contributed by atoms with Crippen LogP contribution in [0.3, 0.4) is 0 Å². The van der Waals surface area contributed by atoms with Crippen molar-refractivity contribution in [2.24, 2.45) is 0 Å². The number of pyridine rings is 1. The summed E-state index contributed by atoms with van der Waals surface area (Å²) in [6.07, 6.45) is 9.60. The number of benzene rings is 1. The number of aromatic amines is 1. The number of nitrogens with one attached hydrogen (secondary N) is 1. The Morgan fingerprint density at radius 3 is 1.83 bits per heavy atom. The number of aliphatic hydroxyl groups excluding tert-OH is 2. The molecule has 1 aromatic carbocycles. The first-order valence-corrected chi connectivity index (χ1v) is 8.38. The van der Waals surface area contributed by atoms with Gasteiger partial charge in [-0.1, -0.05) is 24.3 Å². The molecule has 0 saturated carbocycles. The molecule has 0 saturated heterocycles. The zero-order valence-corrected chi connectivity index (χ0v) is 14.3. The van der Waals surface area contributed by atoms with Crippen LogP contribution in [-0.4, -0.2) is 42.8 Å². The van der Waals surface area contributed by atoms with Gasteiger partial charge < -0.3 is 15.1 Å². The molecule has 3 N–H and O–H groups in total. The SMILES string of the molecule is CS.OCCN(CCO)c1ccc(/C=C/c2cc[nH+]cc2)cc1. The Morgan fingerprint density at radius 1 is 0.870 bits per heavy atom. The predicted molar refractivity (Wildman–Crippen MR) is 99.7 cm³/mol. The van der Waals surface area contributed by atoms with Crippen molar-refractivity contribution >= 4 is 30.5 Å². The Bertz CT molecular complexity index is 553. The molecule has 0 bridgehead atoms. The molecule has 0 atom stereocenters. The lowest BCUT2D eigenvalue weighted by atomic mass is 10.1. The monoisotopic (exact) mass is 333 g/mol. The third-order valence-corrected chi connectivity index (χ3v) is 3.21. The van der Waals surface area contributed by atoms with Crippen molar-refractivity contribution in [3.8, 4) is 0 Å². The summed E-state index contributed by atoms with van der Waals surface area (Å²) in [7, 11) is 0. The first-order chi connectivity index (χ1) is 11.3. The van der Waals surface area contributed by atoms with Gasteiger partial charge in [0.15, 0.2) is 12.4 Å². The Labute approximate surface area is 143 Å². The lowest BCUT2D eigenvalue weighted by Gasteiger charge is -2.22. The number of aliphatic hydroxyl groups is 2. The molecule has 0 radical (unpaired) electrons. The van der Waals surface area contributed by atoms with E-state index in [-0.39, 0.29) is 13.2 Å². The molecule has 0 aliphatic carbocycles. The molecule has 1 aromatic heterocycles. The van der Waals surface area contributed by atoms with Crippen LogP contribution in [0.2, 0.25) is 0 Å². The number of H-pyrrole nitrogens is 1. The van der Waals surface area contributed by atoms with E-state index < -0.39 is 0 Å². The summed E-state index contributed by atoms with van der Waals surface area (Å²) in [6.45, 7) is 1.20. The van der Waals surface area contributed by atoms with Crippen LogP contribution in [0.5, 0.6) is 0 Å². The van der Waals surface area contributed by atoms with Gasteiger partial charge in [0.1, 0.15) is 0 Å². The number of anilines is 1. The highest BCUT2D eigenvalue weighted by Gasteiger charge is 2.04. The van der Waals surface area contributed by atoms with Crippen molar-refractivity contribution in [2.75, 3.05) is 37.5 Å². The van der Waals surface area contributed by atoms with Crippen LogP contribution in [0.15, 0.2) is 48.8 Å². The summed E-state index contributed by atoms with van der Waals surface area (Å²) < 4.78 is 0. The van der Waals surface area contributed by atoms with Gasteiger partial charge in [0.2, 0.25) is 0 Å². The summed E-state index contributed by atoms with van der Waals surface area (Å²) >= 11 is 3.53. The largest absolute Gasteiger partial charge is 0.395 e. The van der Waals surface area contributed by atoms with Gasteiger partial charge in [-0.15, -0.1) is 0 Å². The molecule has 2 rings (SSSR count). The molecule has 0 unspecified atom stereocenters. The number of hydrogen-bond acceptors (Lipinski definition) is 4. The standard InChI is InChI=1S/C17H20N2O2.CH4S/c20-13-11-19(12-14-21)17-5-3-15(4-6-17)1-2-16-7-9-18-10-8-16;1-2/h1-10,20-21H,11-14H2;2H,1H3/p+1/b2-1+;. The van der Waals surface area contributed by atoms with E-state index in [1.807, 2.05) is 53.7 Å². The summed E-state index contributed by atoms with van der Waals surface area (Å²) in [5.74, 6) is 0. The minimum absolute atomic E-state index is 0.0761. The average molecular weight is 333 g/mol. The van der Waals surface area contributed by atoms with Crippen LogP contribution in [0.4, 0.5) is 5.69 Å². The lowest BCUT2D eigenvalue weighted by molar-refractivity contribution is -0.378. The molecule has 1 heterocycles.